The van der Waals surface area contributed by atoms with E-state index < -0.39 is 20.8 Å². The summed E-state index contributed by atoms with van der Waals surface area (Å²) in [5.41, 5.74) is 5.04. The van der Waals surface area contributed by atoms with Gasteiger partial charge in [0.15, 0.2) is 0 Å². The van der Waals surface area contributed by atoms with E-state index in [1.54, 1.807) is 7.05 Å². The van der Waals surface area contributed by atoms with Crippen LogP contribution in [0.5, 0.6) is 0 Å². The summed E-state index contributed by atoms with van der Waals surface area (Å²) in [5.74, 6) is -0.195. The lowest BCUT2D eigenvalue weighted by molar-refractivity contribution is -0.183. The van der Waals surface area contributed by atoms with E-state index >= 15 is 0 Å². The Labute approximate surface area is 120 Å². The van der Waals surface area contributed by atoms with E-state index in [1.807, 2.05) is 13.8 Å². The summed E-state index contributed by atoms with van der Waals surface area (Å²) < 4.78 is 28.1. The lowest BCUT2D eigenvalue weighted by Crippen LogP contribution is -2.80. The van der Waals surface area contributed by atoms with Crippen LogP contribution in [0, 0.1) is 11.3 Å². The average Bonchev–Trinajstić information content (AvgIpc) is 2.81. The average molecular weight is 304 g/mol. The van der Waals surface area contributed by atoms with E-state index in [1.165, 1.54) is 4.90 Å². The van der Waals surface area contributed by atoms with Crippen molar-refractivity contribution < 1.29 is 17.9 Å². The number of carbonyl (C=O) groups excluding carboxylic acids is 1. The number of hydrogen-bond acceptors (Lipinski definition) is 5. The molecule has 0 aromatic heterocycles. The van der Waals surface area contributed by atoms with Gasteiger partial charge in [0.2, 0.25) is 5.91 Å². The summed E-state index contributed by atoms with van der Waals surface area (Å²) in [6, 6.07) is 0. The zero-order valence-corrected chi connectivity index (χ0v) is 13.4. The molecule has 1 aliphatic heterocycles. The Kier molecular flexibility index (Phi) is 3.68. The van der Waals surface area contributed by atoms with Crippen molar-refractivity contribution in [1.29, 1.82) is 0 Å². The molecular weight excluding hydrogens is 280 g/mol. The van der Waals surface area contributed by atoms with E-state index in [2.05, 4.69) is 0 Å². The Morgan fingerprint density at radius 1 is 1.45 bits per heavy atom. The molecule has 1 aliphatic carbocycles. The number of amides is 1. The second-order valence-corrected chi connectivity index (χ2v) is 8.89. The van der Waals surface area contributed by atoms with Crippen LogP contribution in [0.4, 0.5) is 0 Å². The highest BCUT2D eigenvalue weighted by Crippen LogP contribution is 2.58. The highest BCUT2D eigenvalue weighted by molar-refractivity contribution is 7.90. The van der Waals surface area contributed by atoms with E-state index in [9.17, 15) is 13.2 Å². The second-order valence-electron chi connectivity index (χ2n) is 6.63. The van der Waals surface area contributed by atoms with Crippen LogP contribution < -0.4 is 5.73 Å². The zero-order valence-electron chi connectivity index (χ0n) is 12.5. The van der Waals surface area contributed by atoms with Crippen molar-refractivity contribution >= 4 is 15.7 Å². The predicted molar refractivity (Wildman–Crippen MR) is 75.9 cm³/mol. The third-order valence-electron chi connectivity index (χ3n) is 4.95. The predicted octanol–water partition coefficient (Wildman–Crippen LogP) is -0.368. The summed E-state index contributed by atoms with van der Waals surface area (Å²) in [6.45, 7) is 4.70. The van der Waals surface area contributed by atoms with Gasteiger partial charge in [0.05, 0.1) is 11.9 Å². The number of carbonyl (C=O) groups is 1. The molecule has 2 N–H and O–H groups in total. The third kappa shape index (κ3) is 2.16. The van der Waals surface area contributed by atoms with Gasteiger partial charge >= 0.3 is 0 Å². The topological polar surface area (TPSA) is 89.7 Å². The molecule has 0 bridgehead atoms. The molecule has 3 atom stereocenters. The highest BCUT2D eigenvalue weighted by Gasteiger charge is 2.71. The molecule has 7 heteroatoms. The standard InChI is InChI=1S/C13H24N2O4S/c1-12(2)10-9(5-7-19-10)13(12,14)11(16)15(3)6-8-20(4,17)18/h9-10H,5-8,14H2,1-4H3. The normalized spacial score (nSPS) is 35.2. The Bertz CT molecular complexity index is 516. The summed E-state index contributed by atoms with van der Waals surface area (Å²) in [6.07, 6.45) is 1.98. The van der Waals surface area contributed by atoms with Gasteiger partial charge in [-0.15, -0.1) is 0 Å². The molecule has 1 heterocycles. The molecule has 1 saturated heterocycles. The summed E-state index contributed by atoms with van der Waals surface area (Å²) in [7, 11) is -1.48. The first-order valence-corrected chi connectivity index (χ1v) is 8.91. The number of hydrogen-bond donors (Lipinski definition) is 1. The van der Waals surface area contributed by atoms with Crippen molar-refractivity contribution in [2.75, 3.05) is 32.2 Å². The first-order chi connectivity index (χ1) is 9.02. The van der Waals surface area contributed by atoms with Crippen LogP contribution in [0.3, 0.4) is 0 Å². The van der Waals surface area contributed by atoms with Crippen LogP contribution in [0.25, 0.3) is 0 Å². The largest absolute Gasteiger partial charge is 0.377 e. The first kappa shape index (κ1) is 15.7. The molecule has 0 radical (unpaired) electrons. The summed E-state index contributed by atoms with van der Waals surface area (Å²) >= 11 is 0. The fourth-order valence-corrected chi connectivity index (χ4v) is 4.14. The minimum Gasteiger partial charge on any atom is -0.377 e. The summed E-state index contributed by atoms with van der Waals surface area (Å²) in [5, 5.41) is 0. The first-order valence-electron chi connectivity index (χ1n) is 6.85. The molecule has 0 spiro atoms. The van der Waals surface area contributed by atoms with Crippen LogP contribution in [-0.4, -0.2) is 63.1 Å². The number of sulfone groups is 1. The second kappa shape index (κ2) is 4.68. The molecule has 1 saturated carbocycles. The van der Waals surface area contributed by atoms with E-state index in [0.29, 0.717) is 6.61 Å². The summed E-state index contributed by atoms with van der Waals surface area (Å²) in [4.78, 5) is 14.1. The van der Waals surface area contributed by atoms with Gasteiger partial charge in [-0.05, 0) is 6.42 Å². The Hall–Kier alpha value is -0.660. The van der Waals surface area contributed by atoms with Crippen molar-refractivity contribution in [2.24, 2.45) is 17.1 Å². The number of nitrogens with two attached hydrogens (primary N) is 1. The molecule has 2 rings (SSSR count). The van der Waals surface area contributed by atoms with Crippen LogP contribution in [0.2, 0.25) is 0 Å². The van der Waals surface area contributed by atoms with Gasteiger partial charge in [-0.3, -0.25) is 4.79 Å². The van der Waals surface area contributed by atoms with Gasteiger partial charge in [0, 0.05) is 37.8 Å². The highest BCUT2D eigenvalue weighted by atomic mass is 32.2. The molecule has 20 heavy (non-hydrogen) atoms. The molecule has 116 valence electrons. The van der Waals surface area contributed by atoms with Crippen LogP contribution in [-0.2, 0) is 19.4 Å². The Morgan fingerprint density at radius 2 is 2.05 bits per heavy atom. The van der Waals surface area contributed by atoms with Crippen molar-refractivity contribution in [3.63, 3.8) is 0 Å². The Balaban J connectivity index is 2.12. The lowest BCUT2D eigenvalue weighted by atomic mass is 9.47. The maximum Gasteiger partial charge on any atom is 0.243 e. The minimum absolute atomic E-state index is 0.0276. The van der Waals surface area contributed by atoms with E-state index in [-0.39, 0.29) is 30.2 Å². The maximum atomic E-state index is 12.7. The van der Waals surface area contributed by atoms with Crippen molar-refractivity contribution in [2.45, 2.75) is 31.9 Å². The zero-order chi connectivity index (χ0) is 15.3. The van der Waals surface area contributed by atoms with Crippen LogP contribution in [0.1, 0.15) is 20.3 Å². The number of rotatable bonds is 4. The minimum atomic E-state index is -3.09. The SMILES string of the molecule is CN(CCS(C)(=O)=O)C(=O)C1(N)C2CCOC2C1(C)C. The lowest BCUT2D eigenvalue weighted by Gasteiger charge is -2.61. The number of ether oxygens (including phenoxy) is 1. The number of nitrogens with zero attached hydrogens (tertiary/aromatic N) is 1. The van der Waals surface area contributed by atoms with Crippen molar-refractivity contribution in [3.8, 4) is 0 Å². The third-order valence-corrected chi connectivity index (χ3v) is 5.88. The van der Waals surface area contributed by atoms with Gasteiger partial charge < -0.3 is 15.4 Å². The fourth-order valence-electron chi connectivity index (χ4n) is 3.54. The quantitative estimate of drug-likeness (QED) is 0.765. The van der Waals surface area contributed by atoms with Gasteiger partial charge in [0.1, 0.15) is 15.4 Å². The van der Waals surface area contributed by atoms with Gasteiger partial charge in [0.25, 0.3) is 0 Å². The van der Waals surface area contributed by atoms with Crippen LogP contribution >= 0.6 is 0 Å². The molecule has 2 aliphatic rings. The molecule has 1 amide bonds. The molecule has 3 unspecified atom stereocenters. The van der Waals surface area contributed by atoms with Crippen molar-refractivity contribution in [3.05, 3.63) is 0 Å². The van der Waals surface area contributed by atoms with Crippen molar-refractivity contribution in [1.82, 2.24) is 4.90 Å². The fraction of sp³-hybridized carbons (Fsp3) is 0.923. The van der Waals surface area contributed by atoms with E-state index in [4.69, 9.17) is 10.5 Å². The molecule has 0 aromatic carbocycles. The van der Waals surface area contributed by atoms with Gasteiger partial charge in [-0.2, -0.15) is 0 Å². The van der Waals surface area contributed by atoms with E-state index in [0.717, 1.165) is 12.7 Å². The Morgan fingerprint density at radius 3 is 2.60 bits per heavy atom. The molecule has 2 fully saturated rings. The van der Waals surface area contributed by atoms with Crippen LogP contribution in [0.15, 0.2) is 0 Å². The maximum absolute atomic E-state index is 12.7. The number of likely N-dealkylation sites (N-methyl/N-ethyl adjacent to an activating group) is 1. The molecule has 6 nitrogen and oxygen atoms in total. The number of fused-ring (bicyclic) bond motifs is 1. The van der Waals surface area contributed by atoms with Gasteiger partial charge in [-0.1, -0.05) is 13.8 Å². The smallest absolute Gasteiger partial charge is 0.243 e. The monoisotopic (exact) mass is 304 g/mol. The molecular formula is C13H24N2O4S. The molecule has 0 aromatic rings. The van der Waals surface area contributed by atoms with Gasteiger partial charge in [-0.25, -0.2) is 8.42 Å².